The Morgan fingerprint density at radius 2 is 1.78 bits per heavy atom. The highest BCUT2D eigenvalue weighted by Gasteiger charge is 2.25. The zero-order chi connectivity index (χ0) is 25.5. The largest absolute Gasteiger partial charge is 0.490 e. The van der Waals surface area contributed by atoms with E-state index in [4.69, 9.17) is 9.47 Å². The van der Waals surface area contributed by atoms with Gasteiger partial charge in [0.05, 0.1) is 6.61 Å². The molecule has 3 aromatic carbocycles. The van der Waals surface area contributed by atoms with Crippen LogP contribution in [0.2, 0.25) is 0 Å². The molecule has 0 saturated heterocycles. The molecule has 10 heteroatoms. The molecule has 4 aromatic rings. The maximum atomic E-state index is 14.0. The van der Waals surface area contributed by atoms with E-state index in [0.29, 0.717) is 40.2 Å². The van der Waals surface area contributed by atoms with Gasteiger partial charge in [-0.15, -0.1) is 10.2 Å². The molecule has 1 aromatic heterocycles. The van der Waals surface area contributed by atoms with Gasteiger partial charge in [0.2, 0.25) is 6.54 Å². The monoisotopic (exact) mass is 508 g/mol. The molecule has 8 nitrogen and oxygen atoms in total. The van der Waals surface area contributed by atoms with E-state index in [1.54, 1.807) is 36.4 Å². The number of aromatic nitrogens is 3. The SMILES string of the molecule is CCOc1cc([C@H](C[N+](=O)[O-])Sc2nnc(C)n2-c2ccccc2)ccc1OCc1ccccc1F. The van der Waals surface area contributed by atoms with Gasteiger partial charge in [0.15, 0.2) is 16.7 Å². The maximum Gasteiger partial charge on any atom is 0.220 e. The molecule has 4 rings (SSSR count). The number of aryl methyl sites for hydroxylation is 1. The predicted molar refractivity (Wildman–Crippen MR) is 135 cm³/mol. The number of benzene rings is 3. The van der Waals surface area contributed by atoms with E-state index in [1.165, 1.54) is 17.8 Å². The van der Waals surface area contributed by atoms with Crippen LogP contribution in [0.15, 0.2) is 78.0 Å². The van der Waals surface area contributed by atoms with E-state index in [9.17, 15) is 14.5 Å². The Labute approximate surface area is 212 Å². The van der Waals surface area contributed by atoms with E-state index in [0.717, 1.165) is 5.69 Å². The third-order valence-electron chi connectivity index (χ3n) is 5.35. The van der Waals surface area contributed by atoms with Crippen molar-refractivity contribution in [2.45, 2.75) is 30.9 Å². The summed E-state index contributed by atoms with van der Waals surface area (Å²) in [6.07, 6.45) is 0. The Morgan fingerprint density at radius 3 is 2.50 bits per heavy atom. The lowest BCUT2D eigenvalue weighted by Gasteiger charge is -2.17. The molecule has 0 saturated carbocycles. The number of thioether (sulfide) groups is 1. The average Bonchev–Trinajstić information content (AvgIpc) is 3.24. The highest BCUT2D eigenvalue weighted by Crippen LogP contribution is 2.39. The smallest absolute Gasteiger partial charge is 0.220 e. The Hall–Kier alpha value is -3.92. The summed E-state index contributed by atoms with van der Waals surface area (Å²) in [5, 5.41) is 20.0. The number of nitro groups is 1. The molecule has 0 amide bonds. The number of hydrogen-bond acceptors (Lipinski definition) is 7. The fraction of sp³-hybridized carbons (Fsp3) is 0.231. The van der Waals surface area contributed by atoms with E-state index in [1.807, 2.05) is 48.7 Å². The van der Waals surface area contributed by atoms with Crippen LogP contribution in [0.5, 0.6) is 11.5 Å². The van der Waals surface area contributed by atoms with Crippen LogP contribution < -0.4 is 9.47 Å². The number of hydrogen-bond donors (Lipinski definition) is 0. The first kappa shape index (κ1) is 25.2. The second-order valence-corrected chi connectivity index (χ2v) is 9.01. The van der Waals surface area contributed by atoms with Crippen molar-refractivity contribution in [2.24, 2.45) is 0 Å². The summed E-state index contributed by atoms with van der Waals surface area (Å²) in [6.45, 7) is 3.74. The van der Waals surface area contributed by atoms with Crippen molar-refractivity contribution in [1.82, 2.24) is 14.8 Å². The highest BCUT2D eigenvalue weighted by molar-refractivity contribution is 7.99. The molecule has 1 heterocycles. The van der Waals surface area contributed by atoms with Gasteiger partial charge >= 0.3 is 0 Å². The minimum Gasteiger partial charge on any atom is -0.490 e. The molecule has 1 atom stereocenters. The molecule has 0 aliphatic heterocycles. The average molecular weight is 509 g/mol. The highest BCUT2D eigenvalue weighted by atomic mass is 32.2. The van der Waals surface area contributed by atoms with Crippen LogP contribution in [0, 0.1) is 22.9 Å². The number of rotatable bonds is 11. The van der Waals surface area contributed by atoms with Gasteiger partial charge in [-0.05, 0) is 49.7 Å². The zero-order valence-corrected chi connectivity index (χ0v) is 20.7. The lowest BCUT2D eigenvalue weighted by Crippen LogP contribution is -2.12. The summed E-state index contributed by atoms with van der Waals surface area (Å²) in [7, 11) is 0. The summed E-state index contributed by atoms with van der Waals surface area (Å²) in [6, 6.07) is 21.2. The molecule has 0 bridgehead atoms. The third kappa shape index (κ3) is 6.01. The first-order valence-corrected chi connectivity index (χ1v) is 12.2. The lowest BCUT2D eigenvalue weighted by atomic mass is 10.1. The molecule has 0 spiro atoms. The minimum atomic E-state index is -0.564. The third-order valence-corrected chi connectivity index (χ3v) is 6.53. The van der Waals surface area contributed by atoms with Gasteiger partial charge in [0, 0.05) is 16.2 Å². The second kappa shape index (κ2) is 11.7. The first-order chi connectivity index (χ1) is 17.5. The normalized spacial score (nSPS) is 11.8. The summed E-state index contributed by atoms with van der Waals surface area (Å²) in [5.74, 6) is 1.18. The van der Waals surface area contributed by atoms with Gasteiger partial charge in [-0.1, -0.05) is 54.2 Å². The van der Waals surface area contributed by atoms with Crippen LogP contribution >= 0.6 is 11.8 Å². The summed E-state index contributed by atoms with van der Waals surface area (Å²) >= 11 is 1.26. The van der Waals surface area contributed by atoms with Crippen molar-refractivity contribution in [3.8, 4) is 17.2 Å². The Bertz CT molecular complexity index is 1330. The van der Waals surface area contributed by atoms with Crippen LogP contribution in [-0.2, 0) is 6.61 Å². The van der Waals surface area contributed by atoms with Gasteiger partial charge in [0.25, 0.3) is 0 Å². The molecular weight excluding hydrogens is 483 g/mol. The number of nitrogens with zero attached hydrogens (tertiary/aromatic N) is 4. The van der Waals surface area contributed by atoms with Crippen LogP contribution in [0.4, 0.5) is 4.39 Å². The van der Waals surface area contributed by atoms with Crippen LogP contribution in [0.3, 0.4) is 0 Å². The van der Waals surface area contributed by atoms with Crippen LogP contribution in [0.1, 0.15) is 29.1 Å². The van der Waals surface area contributed by atoms with E-state index in [2.05, 4.69) is 10.2 Å². The van der Waals surface area contributed by atoms with Gasteiger partial charge in [-0.25, -0.2) is 4.39 Å². The predicted octanol–water partition coefficient (Wildman–Crippen LogP) is 5.80. The summed E-state index contributed by atoms with van der Waals surface area (Å²) in [5.41, 5.74) is 1.97. The van der Waals surface area contributed by atoms with Gasteiger partial charge < -0.3 is 9.47 Å². The van der Waals surface area contributed by atoms with Crippen LogP contribution in [0.25, 0.3) is 5.69 Å². The Balaban J connectivity index is 1.62. The quantitative estimate of drug-likeness (QED) is 0.144. The van der Waals surface area contributed by atoms with E-state index < -0.39 is 5.25 Å². The molecule has 36 heavy (non-hydrogen) atoms. The van der Waals surface area contributed by atoms with Crippen molar-refractivity contribution in [1.29, 1.82) is 0 Å². The fourth-order valence-electron chi connectivity index (χ4n) is 3.65. The fourth-order valence-corrected chi connectivity index (χ4v) is 4.81. The van der Waals surface area contributed by atoms with Crippen LogP contribution in [-0.4, -0.2) is 32.8 Å². The second-order valence-electron chi connectivity index (χ2n) is 7.84. The van der Waals surface area contributed by atoms with Crippen molar-refractivity contribution in [3.05, 3.63) is 106 Å². The molecule has 186 valence electrons. The van der Waals surface area contributed by atoms with Gasteiger partial charge in [-0.2, -0.15) is 0 Å². The standard InChI is InChI=1S/C26H25FN4O4S/c1-3-34-24-15-19(13-14-23(24)35-17-20-9-7-8-12-22(20)27)25(16-30(32)33)36-26-29-28-18(2)31(26)21-10-5-4-6-11-21/h4-15,25H,3,16-17H2,1-2H3/t25-/m0/s1. The lowest BCUT2D eigenvalue weighted by molar-refractivity contribution is -0.479. The minimum absolute atomic E-state index is 0.0264. The Morgan fingerprint density at radius 1 is 1.03 bits per heavy atom. The molecule has 0 fully saturated rings. The van der Waals surface area contributed by atoms with Crippen molar-refractivity contribution < 1.29 is 18.8 Å². The first-order valence-electron chi connectivity index (χ1n) is 11.3. The van der Waals surface area contributed by atoms with E-state index >= 15 is 0 Å². The zero-order valence-electron chi connectivity index (χ0n) is 19.8. The summed E-state index contributed by atoms with van der Waals surface area (Å²) in [4.78, 5) is 11.2. The van der Waals surface area contributed by atoms with Crippen molar-refractivity contribution in [3.63, 3.8) is 0 Å². The number of ether oxygens (including phenoxy) is 2. The van der Waals surface area contributed by atoms with E-state index in [-0.39, 0.29) is 23.9 Å². The van der Waals surface area contributed by atoms with Gasteiger partial charge in [-0.3, -0.25) is 14.7 Å². The molecule has 0 aliphatic carbocycles. The molecule has 0 unspecified atom stereocenters. The molecule has 0 radical (unpaired) electrons. The number of halogens is 1. The summed E-state index contributed by atoms with van der Waals surface area (Å²) < 4.78 is 27.5. The molecule has 0 aliphatic rings. The maximum absolute atomic E-state index is 14.0. The Kier molecular flexibility index (Phi) is 8.17. The molecular formula is C26H25FN4O4S. The topological polar surface area (TPSA) is 92.3 Å². The van der Waals surface area contributed by atoms with Gasteiger partial charge in [0.1, 0.15) is 23.5 Å². The van der Waals surface area contributed by atoms with Crippen molar-refractivity contribution >= 4 is 11.8 Å². The van der Waals surface area contributed by atoms with Crippen molar-refractivity contribution in [2.75, 3.05) is 13.2 Å². The molecule has 0 N–H and O–H groups in total. The number of para-hydroxylation sites is 1.